The number of hydrogen-bond donors (Lipinski definition) is 0. The Morgan fingerprint density at radius 3 is 2.30 bits per heavy atom. The third-order valence-electron chi connectivity index (χ3n) is 6.29. The number of hydrogen-bond acceptors (Lipinski definition) is 3. The van der Waals surface area contributed by atoms with Crippen LogP contribution >= 0.6 is 0 Å². The van der Waals surface area contributed by atoms with E-state index in [9.17, 15) is 0 Å². The largest absolute Gasteiger partial charge is 0.373 e. The monoisotopic (exact) mass is 310 g/mol. The summed E-state index contributed by atoms with van der Waals surface area (Å²) in [7, 11) is 1.89. The van der Waals surface area contributed by atoms with E-state index in [1.807, 2.05) is 19.2 Å². The lowest BCUT2D eigenvalue weighted by atomic mass is 9.62. The van der Waals surface area contributed by atoms with Crippen molar-refractivity contribution in [2.75, 3.05) is 26.7 Å². The van der Waals surface area contributed by atoms with Gasteiger partial charge in [-0.2, -0.15) is 5.26 Å². The smallest absolute Gasteiger partial charge is 0.101 e. The summed E-state index contributed by atoms with van der Waals surface area (Å²) in [6.45, 7) is 3.63. The molecule has 2 bridgehead atoms. The zero-order valence-corrected chi connectivity index (χ0v) is 14.0. The molecule has 1 heterocycles. The second-order valence-electron chi connectivity index (χ2n) is 7.67. The number of ether oxygens (including phenoxy) is 1. The van der Waals surface area contributed by atoms with Gasteiger partial charge >= 0.3 is 0 Å². The Morgan fingerprint density at radius 1 is 1.13 bits per heavy atom. The Hall–Kier alpha value is -1.37. The van der Waals surface area contributed by atoms with Crippen molar-refractivity contribution in [2.24, 2.45) is 17.8 Å². The van der Waals surface area contributed by atoms with Crippen molar-refractivity contribution in [3.8, 4) is 6.07 Å². The molecule has 122 valence electrons. The van der Waals surface area contributed by atoms with E-state index < -0.39 is 0 Å². The molecule has 1 aromatic rings. The summed E-state index contributed by atoms with van der Waals surface area (Å²) in [4.78, 5) is 2.70. The van der Waals surface area contributed by atoms with E-state index >= 15 is 0 Å². The Bertz CT molecular complexity index is 585. The molecule has 0 radical (unpaired) electrons. The molecular weight excluding hydrogens is 284 g/mol. The van der Waals surface area contributed by atoms with Gasteiger partial charge in [0, 0.05) is 38.6 Å². The van der Waals surface area contributed by atoms with E-state index in [4.69, 9.17) is 10.00 Å². The number of likely N-dealkylation sites (tertiary alicyclic amines) is 1. The Morgan fingerprint density at radius 2 is 1.78 bits per heavy atom. The summed E-state index contributed by atoms with van der Waals surface area (Å²) in [5.41, 5.74) is 1.86. The SMILES string of the molecule is COC1(c2ccc(C#N)cc2)C2CCCC1CN(CC1CC1)C2. The molecule has 2 aliphatic carbocycles. The van der Waals surface area contributed by atoms with Gasteiger partial charge in [-0.3, -0.25) is 0 Å². The van der Waals surface area contributed by atoms with E-state index in [-0.39, 0.29) is 5.60 Å². The number of methoxy groups -OCH3 is 1. The van der Waals surface area contributed by atoms with Gasteiger partial charge in [0.15, 0.2) is 0 Å². The molecule has 1 saturated heterocycles. The molecule has 3 aliphatic rings. The lowest BCUT2D eigenvalue weighted by Crippen LogP contribution is -2.59. The molecule has 3 heteroatoms. The molecule has 3 nitrogen and oxygen atoms in total. The molecule has 2 unspecified atom stereocenters. The van der Waals surface area contributed by atoms with E-state index in [0.29, 0.717) is 11.8 Å². The average molecular weight is 310 g/mol. The molecule has 23 heavy (non-hydrogen) atoms. The van der Waals surface area contributed by atoms with Crippen LogP contribution < -0.4 is 0 Å². The number of piperidine rings is 1. The first-order chi connectivity index (χ1) is 11.3. The van der Waals surface area contributed by atoms with Crippen molar-refractivity contribution in [1.82, 2.24) is 4.90 Å². The highest BCUT2D eigenvalue weighted by atomic mass is 16.5. The van der Waals surface area contributed by atoms with Crippen LogP contribution in [0.2, 0.25) is 0 Å². The average Bonchev–Trinajstić information content (AvgIpc) is 3.38. The van der Waals surface area contributed by atoms with Gasteiger partial charge in [-0.15, -0.1) is 0 Å². The molecule has 0 spiro atoms. The fourth-order valence-electron chi connectivity index (χ4n) is 5.07. The second kappa shape index (κ2) is 5.92. The zero-order valence-electron chi connectivity index (χ0n) is 14.0. The maximum absolute atomic E-state index is 9.06. The summed E-state index contributed by atoms with van der Waals surface area (Å²) in [5.74, 6) is 2.11. The van der Waals surface area contributed by atoms with Crippen LogP contribution in [0, 0.1) is 29.1 Å². The molecular formula is C20H26N2O. The fraction of sp³-hybridized carbons (Fsp3) is 0.650. The van der Waals surface area contributed by atoms with Gasteiger partial charge < -0.3 is 9.64 Å². The van der Waals surface area contributed by atoms with Crippen LogP contribution in [0.5, 0.6) is 0 Å². The Labute approximate surface area is 139 Å². The molecule has 0 amide bonds. The summed E-state index contributed by atoms with van der Waals surface area (Å²) >= 11 is 0. The van der Waals surface area contributed by atoms with Crippen LogP contribution in [-0.2, 0) is 10.3 Å². The number of nitriles is 1. The van der Waals surface area contributed by atoms with Crippen molar-refractivity contribution >= 4 is 0 Å². The molecule has 0 aromatic heterocycles. The summed E-state index contributed by atoms with van der Waals surface area (Å²) in [6.07, 6.45) is 6.69. The van der Waals surface area contributed by atoms with Crippen LogP contribution in [0.3, 0.4) is 0 Å². The van der Waals surface area contributed by atoms with Gasteiger partial charge in [-0.1, -0.05) is 18.6 Å². The third-order valence-corrected chi connectivity index (χ3v) is 6.29. The van der Waals surface area contributed by atoms with Crippen LogP contribution in [0.4, 0.5) is 0 Å². The maximum Gasteiger partial charge on any atom is 0.101 e. The van der Waals surface area contributed by atoms with E-state index in [1.54, 1.807) is 0 Å². The minimum Gasteiger partial charge on any atom is -0.373 e. The lowest BCUT2D eigenvalue weighted by Gasteiger charge is -2.55. The topological polar surface area (TPSA) is 36.3 Å². The number of nitrogens with zero attached hydrogens (tertiary/aromatic N) is 2. The minimum absolute atomic E-state index is 0.147. The predicted octanol–water partition coefficient (Wildman–Crippen LogP) is 3.54. The van der Waals surface area contributed by atoms with Crippen LogP contribution in [-0.4, -0.2) is 31.6 Å². The van der Waals surface area contributed by atoms with Crippen LogP contribution in [0.25, 0.3) is 0 Å². The number of benzene rings is 1. The molecule has 1 aromatic carbocycles. The highest BCUT2D eigenvalue weighted by molar-refractivity contribution is 5.36. The van der Waals surface area contributed by atoms with Crippen molar-refractivity contribution in [3.63, 3.8) is 0 Å². The van der Waals surface area contributed by atoms with Crippen LogP contribution in [0.15, 0.2) is 24.3 Å². The number of fused-ring (bicyclic) bond motifs is 2. The molecule has 4 rings (SSSR count). The van der Waals surface area contributed by atoms with E-state index in [1.165, 1.54) is 57.3 Å². The quantitative estimate of drug-likeness (QED) is 0.853. The Balaban J connectivity index is 1.64. The van der Waals surface area contributed by atoms with Gasteiger partial charge in [0.2, 0.25) is 0 Å². The molecule has 2 atom stereocenters. The summed E-state index contributed by atoms with van der Waals surface area (Å²) in [6, 6.07) is 10.4. The minimum atomic E-state index is -0.147. The maximum atomic E-state index is 9.06. The molecule has 0 N–H and O–H groups in total. The summed E-state index contributed by atoms with van der Waals surface area (Å²) < 4.78 is 6.26. The zero-order chi connectivity index (χ0) is 15.9. The molecule has 1 aliphatic heterocycles. The van der Waals surface area contributed by atoms with Crippen molar-refractivity contribution in [1.29, 1.82) is 5.26 Å². The van der Waals surface area contributed by atoms with Crippen molar-refractivity contribution in [2.45, 2.75) is 37.7 Å². The third kappa shape index (κ3) is 2.58. The first kappa shape index (κ1) is 15.2. The van der Waals surface area contributed by atoms with E-state index in [0.717, 1.165) is 11.5 Å². The fourth-order valence-corrected chi connectivity index (χ4v) is 5.07. The first-order valence-corrected chi connectivity index (χ1v) is 9.04. The van der Waals surface area contributed by atoms with Crippen molar-refractivity contribution < 1.29 is 4.74 Å². The van der Waals surface area contributed by atoms with Gasteiger partial charge in [0.05, 0.1) is 11.6 Å². The highest BCUT2D eigenvalue weighted by Gasteiger charge is 2.53. The first-order valence-electron chi connectivity index (χ1n) is 9.04. The van der Waals surface area contributed by atoms with Gasteiger partial charge in [0.25, 0.3) is 0 Å². The van der Waals surface area contributed by atoms with E-state index in [2.05, 4.69) is 23.1 Å². The molecule has 3 fully saturated rings. The lowest BCUT2D eigenvalue weighted by molar-refractivity contribution is -0.169. The normalized spacial score (nSPS) is 34.1. The second-order valence-corrected chi connectivity index (χ2v) is 7.67. The van der Waals surface area contributed by atoms with Crippen LogP contribution in [0.1, 0.15) is 43.2 Å². The highest BCUT2D eigenvalue weighted by Crippen LogP contribution is 2.51. The number of rotatable bonds is 4. The Kier molecular flexibility index (Phi) is 3.91. The predicted molar refractivity (Wildman–Crippen MR) is 89.8 cm³/mol. The summed E-state index contributed by atoms with van der Waals surface area (Å²) in [5, 5.41) is 9.06. The van der Waals surface area contributed by atoms with Gasteiger partial charge in [-0.05, 0) is 49.3 Å². The van der Waals surface area contributed by atoms with Crippen molar-refractivity contribution in [3.05, 3.63) is 35.4 Å². The molecule has 2 saturated carbocycles. The van der Waals surface area contributed by atoms with Gasteiger partial charge in [0.1, 0.15) is 5.60 Å². The van der Waals surface area contributed by atoms with Gasteiger partial charge in [-0.25, -0.2) is 0 Å². The standard InChI is InChI=1S/C20H26N2O/c1-23-20(17-9-7-15(11-21)8-10-17)18-3-2-4-19(20)14-22(13-18)12-16-5-6-16/h7-10,16,18-19H,2-6,12-14H2,1H3.